The Kier molecular flexibility index (Phi) is 6.85. The van der Waals surface area contributed by atoms with Crippen LogP contribution in [0.5, 0.6) is 0 Å². The van der Waals surface area contributed by atoms with Gasteiger partial charge in [-0.05, 0) is 44.4 Å². The fraction of sp³-hybridized carbons (Fsp3) is 0.619. The van der Waals surface area contributed by atoms with Gasteiger partial charge in [0.15, 0.2) is 0 Å². The van der Waals surface area contributed by atoms with E-state index in [9.17, 15) is 9.59 Å². The number of rotatable bonds is 5. The number of amides is 2. The number of aryl methyl sites for hydroxylation is 1. The lowest BCUT2D eigenvalue weighted by molar-refractivity contribution is -0.138. The Labute approximate surface area is 162 Å². The molecule has 0 radical (unpaired) electrons. The SMILES string of the molecule is CCc1ccccc1NC(=O)CN1CCN(C(=O)[C@H]2CCN[C@@H](C)C2)CC1. The Morgan fingerprint density at radius 3 is 2.63 bits per heavy atom. The first kappa shape index (κ1) is 19.8. The molecular weight excluding hydrogens is 340 g/mol. The highest BCUT2D eigenvalue weighted by molar-refractivity contribution is 5.93. The van der Waals surface area contributed by atoms with E-state index in [1.165, 1.54) is 0 Å². The van der Waals surface area contributed by atoms with Crippen LogP contribution in [0, 0.1) is 5.92 Å². The third-order valence-electron chi connectivity index (χ3n) is 5.70. The first-order valence-corrected chi connectivity index (χ1v) is 10.2. The maximum atomic E-state index is 12.7. The molecule has 2 amide bonds. The molecule has 3 rings (SSSR count). The van der Waals surface area contributed by atoms with E-state index < -0.39 is 0 Å². The molecule has 1 aromatic carbocycles. The van der Waals surface area contributed by atoms with Gasteiger partial charge < -0.3 is 15.5 Å². The lowest BCUT2D eigenvalue weighted by Crippen LogP contribution is -2.53. The number of anilines is 1. The standard InChI is InChI=1S/C21H32N4O2/c1-3-17-6-4-5-7-19(17)23-20(26)15-24-10-12-25(13-11-24)21(27)18-8-9-22-16(2)14-18/h4-7,16,18,22H,3,8-15H2,1-2H3,(H,23,26)/t16-,18-/m0/s1. The Balaban J connectivity index is 1.45. The predicted molar refractivity (Wildman–Crippen MR) is 108 cm³/mol. The van der Waals surface area contributed by atoms with Gasteiger partial charge >= 0.3 is 0 Å². The average molecular weight is 373 g/mol. The van der Waals surface area contributed by atoms with Crippen molar-refractivity contribution in [3.63, 3.8) is 0 Å². The fourth-order valence-electron chi connectivity index (χ4n) is 4.08. The van der Waals surface area contributed by atoms with E-state index in [4.69, 9.17) is 0 Å². The Morgan fingerprint density at radius 1 is 1.19 bits per heavy atom. The van der Waals surface area contributed by atoms with Gasteiger partial charge in [0.1, 0.15) is 0 Å². The highest BCUT2D eigenvalue weighted by atomic mass is 16.2. The summed E-state index contributed by atoms with van der Waals surface area (Å²) in [5, 5.41) is 6.43. The number of piperazine rings is 1. The van der Waals surface area contributed by atoms with Crippen molar-refractivity contribution in [2.45, 2.75) is 39.2 Å². The Morgan fingerprint density at radius 2 is 1.93 bits per heavy atom. The number of carbonyl (C=O) groups excluding carboxylic acids is 2. The van der Waals surface area contributed by atoms with E-state index in [0.717, 1.165) is 63.2 Å². The molecule has 1 aromatic rings. The molecule has 2 aliphatic heterocycles. The number of para-hydroxylation sites is 1. The zero-order valence-corrected chi connectivity index (χ0v) is 16.5. The molecule has 0 spiro atoms. The predicted octanol–water partition coefficient (Wildman–Crippen LogP) is 1.72. The number of hydrogen-bond donors (Lipinski definition) is 2. The molecule has 6 nitrogen and oxygen atoms in total. The van der Waals surface area contributed by atoms with Crippen molar-refractivity contribution in [2.24, 2.45) is 5.92 Å². The number of nitrogens with one attached hydrogen (secondary N) is 2. The van der Waals surface area contributed by atoms with Crippen LogP contribution in [-0.2, 0) is 16.0 Å². The highest BCUT2D eigenvalue weighted by Gasteiger charge is 2.30. The molecule has 148 valence electrons. The molecule has 2 fully saturated rings. The van der Waals surface area contributed by atoms with Gasteiger partial charge in [-0.3, -0.25) is 14.5 Å². The van der Waals surface area contributed by atoms with Crippen LogP contribution in [0.1, 0.15) is 32.3 Å². The quantitative estimate of drug-likeness (QED) is 0.826. The van der Waals surface area contributed by atoms with Gasteiger partial charge in [-0.2, -0.15) is 0 Å². The van der Waals surface area contributed by atoms with Gasteiger partial charge in [0.25, 0.3) is 0 Å². The summed E-state index contributed by atoms with van der Waals surface area (Å²) < 4.78 is 0. The third kappa shape index (κ3) is 5.30. The minimum Gasteiger partial charge on any atom is -0.340 e. The molecule has 0 bridgehead atoms. The van der Waals surface area contributed by atoms with Crippen LogP contribution in [-0.4, -0.2) is 66.9 Å². The lowest BCUT2D eigenvalue weighted by atomic mass is 9.92. The molecule has 6 heteroatoms. The second kappa shape index (κ2) is 9.33. The Hall–Kier alpha value is -1.92. The minimum absolute atomic E-state index is 0.0165. The molecule has 0 saturated carbocycles. The summed E-state index contributed by atoms with van der Waals surface area (Å²) in [6, 6.07) is 8.35. The summed E-state index contributed by atoms with van der Waals surface area (Å²) in [6.07, 6.45) is 2.76. The van der Waals surface area contributed by atoms with Crippen molar-refractivity contribution in [3.05, 3.63) is 29.8 Å². The maximum absolute atomic E-state index is 12.7. The van der Waals surface area contributed by atoms with E-state index in [0.29, 0.717) is 18.5 Å². The second-order valence-electron chi connectivity index (χ2n) is 7.74. The van der Waals surface area contributed by atoms with Crippen molar-refractivity contribution < 1.29 is 9.59 Å². The normalized spacial score (nSPS) is 23.9. The van der Waals surface area contributed by atoms with Gasteiger partial charge in [0.05, 0.1) is 6.54 Å². The summed E-state index contributed by atoms with van der Waals surface area (Å²) in [7, 11) is 0. The molecule has 0 aliphatic carbocycles. The topological polar surface area (TPSA) is 64.7 Å². The molecule has 2 atom stereocenters. The average Bonchev–Trinajstić information content (AvgIpc) is 2.68. The summed E-state index contributed by atoms with van der Waals surface area (Å²) >= 11 is 0. The number of benzene rings is 1. The van der Waals surface area contributed by atoms with Crippen LogP contribution in [0.15, 0.2) is 24.3 Å². The zero-order valence-electron chi connectivity index (χ0n) is 16.5. The van der Waals surface area contributed by atoms with Gasteiger partial charge in [-0.1, -0.05) is 25.1 Å². The van der Waals surface area contributed by atoms with Crippen molar-refractivity contribution in [3.8, 4) is 0 Å². The van der Waals surface area contributed by atoms with Gasteiger partial charge in [-0.15, -0.1) is 0 Å². The first-order chi connectivity index (χ1) is 13.1. The molecule has 2 N–H and O–H groups in total. The molecule has 0 aromatic heterocycles. The van der Waals surface area contributed by atoms with Crippen LogP contribution in [0.4, 0.5) is 5.69 Å². The first-order valence-electron chi connectivity index (χ1n) is 10.2. The van der Waals surface area contributed by atoms with Crippen LogP contribution >= 0.6 is 0 Å². The van der Waals surface area contributed by atoms with Crippen LogP contribution in [0.3, 0.4) is 0 Å². The van der Waals surface area contributed by atoms with Crippen molar-refractivity contribution in [1.82, 2.24) is 15.1 Å². The number of carbonyl (C=O) groups is 2. The largest absolute Gasteiger partial charge is 0.340 e. The molecule has 2 aliphatic rings. The van der Waals surface area contributed by atoms with Gasteiger partial charge in [0.2, 0.25) is 11.8 Å². The van der Waals surface area contributed by atoms with Gasteiger partial charge in [0, 0.05) is 43.8 Å². The van der Waals surface area contributed by atoms with E-state index in [2.05, 4.69) is 29.4 Å². The van der Waals surface area contributed by atoms with Crippen molar-refractivity contribution in [2.75, 3.05) is 44.6 Å². The van der Waals surface area contributed by atoms with Gasteiger partial charge in [-0.25, -0.2) is 0 Å². The molecule has 27 heavy (non-hydrogen) atoms. The fourth-order valence-corrected chi connectivity index (χ4v) is 4.08. The monoisotopic (exact) mass is 372 g/mol. The summed E-state index contributed by atoms with van der Waals surface area (Å²) in [5.74, 6) is 0.467. The molecule has 0 unspecified atom stereocenters. The van der Waals surface area contributed by atoms with Crippen LogP contribution < -0.4 is 10.6 Å². The summed E-state index contributed by atoms with van der Waals surface area (Å²) in [4.78, 5) is 29.3. The maximum Gasteiger partial charge on any atom is 0.238 e. The molecular formula is C21H32N4O2. The summed E-state index contributed by atoms with van der Waals surface area (Å²) in [5.41, 5.74) is 2.05. The van der Waals surface area contributed by atoms with E-state index in [1.807, 2.05) is 29.2 Å². The lowest BCUT2D eigenvalue weighted by Gasteiger charge is -2.37. The van der Waals surface area contributed by atoms with Crippen molar-refractivity contribution in [1.29, 1.82) is 0 Å². The third-order valence-corrected chi connectivity index (χ3v) is 5.70. The number of nitrogens with zero attached hydrogens (tertiary/aromatic N) is 2. The Bertz CT molecular complexity index is 655. The highest BCUT2D eigenvalue weighted by Crippen LogP contribution is 2.20. The number of hydrogen-bond acceptors (Lipinski definition) is 4. The molecule has 2 saturated heterocycles. The van der Waals surface area contributed by atoms with E-state index >= 15 is 0 Å². The van der Waals surface area contributed by atoms with Crippen molar-refractivity contribution >= 4 is 17.5 Å². The van der Waals surface area contributed by atoms with E-state index in [-0.39, 0.29) is 11.8 Å². The van der Waals surface area contributed by atoms with Crippen LogP contribution in [0.2, 0.25) is 0 Å². The zero-order chi connectivity index (χ0) is 19.2. The summed E-state index contributed by atoms with van der Waals surface area (Å²) in [6.45, 7) is 8.49. The molecule has 2 heterocycles. The second-order valence-corrected chi connectivity index (χ2v) is 7.74. The minimum atomic E-state index is 0.0165. The van der Waals surface area contributed by atoms with E-state index in [1.54, 1.807) is 0 Å². The smallest absolute Gasteiger partial charge is 0.238 e. The number of piperidine rings is 1. The van der Waals surface area contributed by atoms with Crippen LogP contribution in [0.25, 0.3) is 0 Å².